The Morgan fingerprint density at radius 3 is 1.71 bits per heavy atom. The molecular formula is C12H14N2. The first-order valence-corrected chi connectivity index (χ1v) is 4.95. The van der Waals surface area contributed by atoms with Gasteiger partial charge in [0.05, 0.1) is 11.4 Å². The summed E-state index contributed by atoms with van der Waals surface area (Å²) in [5.74, 6) is 0.783. The number of hydrogen-bond donors (Lipinski definition) is 0. The van der Waals surface area contributed by atoms with Gasteiger partial charge in [-0.3, -0.25) is 9.98 Å². The molecule has 0 saturated heterocycles. The molecule has 14 heavy (non-hydrogen) atoms. The molecule has 0 fully saturated rings. The molecule has 0 spiro atoms. The number of hydrogen-bond acceptors (Lipinski definition) is 2. The van der Waals surface area contributed by atoms with Gasteiger partial charge in [0.2, 0.25) is 0 Å². The smallest absolute Gasteiger partial charge is 0.0879 e. The molecule has 2 rings (SSSR count). The van der Waals surface area contributed by atoms with Gasteiger partial charge < -0.3 is 0 Å². The Labute approximate surface area is 84.5 Å². The second-order valence-corrected chi connectivity index (χ2v) is 3.76. The van der Waals surface area contributed by atoms with Gasteiger partial charge in [-0.15, -0.1) is 0 Å². The van der Waals surface area contributed by atoms with E-state index in [1.54, 1.807) is 0 Å². The molecule has 0 aliphatic carbocycles. The van der Waals surface area contributed by atoms with Crippen LogP contribution in [0.15, 0.2) is 45.7 Å². The average molecular weight is 186 g/mol. The van der Waals surface area contributed by atoms with Gasteiger partial charge in [-0.2, -0.15) is 0 Å². The first-order chi connectivity index (χ1) is 6.75. The molecule has 2 aliphatic heterocycles. The van der Waals surface area contributed by atoms with Crippen molar-refractivity contribution in [1.82, 2.24) is 0 Å². The molecule has 0 saturated carbocycles. The Balaban J connectivity index is 2.39. The summed E-state index contributed by atoms with van der Waals surface area (Å²) in [7, 11) is 0. The summed E-state index contributed by atoms with van der Waals surface area (Å²) in [6.07, 6.45) is 12.2. The molecule has 0 N–H and O–H groups in total. The second-order valence-electron chi connectivity index (χ2n) is 3.76. The van der Waals surface area contributed by atoms with Crippen LogP contribution in [0.2, 0.25) is 0 Å². The van der Waals surface area contributed by atoms with E-state index in [1.807, 2.05) is 24.6 Å². The van der Waals surface area contributed by atoms with E-state index in [0.717, 1.165) is 11.4 Å². The molecule has 2 heteroatoms. The van der Waals surface area contributed by atoms with Crippen LogP contribution in [-0.2, 0) is 0 Å². The topological polar surface area (TPSA) is 24.7 Å². The third kappa shape index (κ3) is 1.90. The predicted octanol–water partition coefficient (Wildman–Crippen LogP) is 2.75. The van der Waals surface area contributed by atoms with Crippen LogP contribution in [0.4, 0.5) is 0 Å². The number of allylic oxidation sites excluding steroid dienone is 4. The highest BCUT2D eigenvalue weighted by Crippen LogP contribution is 2.19. The summed E-state index contributed by atoms with van der Waals surface area (Å²) in [6.45, 7) is 4.23. The molecule has 2 heterocycles. The average Bonchev–Trinajstić information content (AvgIpc) is 2.44. The lowest BCUT2D eigenvalue weighted by atomic mass is 10.2. The minimum absolute atomic E-state index is 0.392. The fourth-order valence-electron chi connectivity index (χ4n) is 1.37. The quantitative estimate of drug-likeness (QED) is 0.555. The molecule has 0 radical (unpaired) electrons. The van der Waals surface area contributed by atoms with Crippen molar-refractivity contribution >= 4 is 12.4 Å². The molecule has 2 aliphatic rings. The monoisotopic (exact) mass is 186 g/mol. The number of aliphatic imine (C=N–C) groups is 2. The maximum Gasteiger partial charge on any atom is 0.0879 e. The molecule has 0 aromatic carbocycles. The van der Waals surface area contributed by atoms with Gasteiger partial charge in [0, 0.05) is 24.3 Å². The highest BCUT2D eigenvalue weighted by Gasteiger charge is 2.07. The summed E-state index contributed by atoms with van der Waals surface area (Å²) in [5.41, 5.74) is 1.93. The normalized spacial score (nSPS) is 30.1. The largest absolute Gasteiger partial charge is 0.258 e. The Bertz CT molecular complexity index is 302. The molecule has 72 valence electrons. The summed E-state index contributed by atoms with van der Waals surface area (Å²) in [6, 6.07) is 0. The van der Waals surface area contributed by atoms with Crippen molar-refractivity contribution < 1.29 is 0 Å². The Morgan fingerprint density at radius 1 is 0.857 bits per heavy atom. The molecule has 2 nitrogen and oxygen atoms in total. The molecule has 2 unspecified atom stereocenters. The number of rotatable bonds is 0. The summed E-state index contributed by atoms with van der Waals surface area (Å²) >= 11 is 0. The van der Waals surface area contributed by atoms with E-state index in [0.29, 0.717) is 11.8 Å². The van der Waals surface area contributed by atoms with E-state index >= 15 is 0 Å². The van der Waals surface area contributed by atoms with Crippen molar-refractivity contribution in [2.24, 2.45) is 21.8 Å². The summed E-state index contributed by atoms with van der Waals surface area (Å²) < 4.78 is 0. The van der Waals surface area contributed by atoms with Gasteiger partial charge in [0.1, 0.15) is 0 Å². The van der Waals surface area contributed by atoms with Crippen LogP contribution in [0.3, 0.4) is 0 Å². The lowest BCUT2D eigenvalue weighted by Gasteiger charge is -1.94. The van der Waals surface area contributed by atoms with E-state index in [2.05, 4.69) is 36.0 Å². The Hall–Kier alpha value is -1.44. The Morgan fingerprint density at radius 2 is 1.29 bits per heavy atom. The fourth-order valence-corrected chi connectivity index (χ4v) is 1.37. The highest BCUT2D eigenvalue weighted by atomic mass is 14.8. The van der Waals surface area contributed by atoms with Crippen LogP contribution >= 0.6 is 0 Å². The SMILES string of the molecule is CC1C=CC2=C(C=CC(C)C=N2)N=C1. The molecule has 0 amide bonds. The van der Waals surface area contributed by atoms with E-state index < -0.39 is 0 Å². The van der Waals surface area contributed by atoms with Gasteiger partial charge in [-0.1, -0.05) is 26.0 Å². The van der Waals surface area contributed by atoms with Gasteiger partial charge in [0.15, 0.2) is 0 Å². The van der Waals surface area contributed by atoms with Crippen LogP contribution in [0.1, 0.15) is 13.8 Å². The predicted molar refractivity (Wildman–Crippen MR) is 60.6 cm³/mol. The zero-order chi connectivity index (χ0) is 9.97. The molecule has 2 atom stereocenters. The van der Waals surface area contributed by atoms with Gasteiger partial charge in [-0.05, 0) is 12.2 Å². The molecule has 0 aromatic heterocycles. The minimum atomic E-state index is 0.392. The minimum Gasteiger partial charge on any atom is -0.258 e. The first-order valence-electron chi connectivity index (χ1n) is 4.95. The van der Waals surface area contributed by atoms with Gasteiger partial charge >= 0.3 is 0 Å². The molecule has 0 bridgehead atoms. The maximum atomic E-state index is 4.41. The molecular weight excluding hydrogens is 172 g/mol. The third-order valence-electron chi connectivity index (χ3n) is 2.28. The van der Waals surface area contributed by atoms with Crippen molar-refractivity contribution in [2.75, 3.05) is 0 Å². The van der Waals surface area contributed by atoms with E-state index in [-0.39, 0.29) is 0 Å². The number of nitrogens with zero attached hydrogens (tertiary/aromatic N) is 2. The van der Waals surface area contributed by atoms with Crippen molar-refractivity contribution in [2.45, 2.75) is 13.8 Å². The van der Waals surface area contributed by atoms with E-state index in [1.165, 1.54) is 0 Å². The van der Waals surface area contributed by atoms with Crippen molar-refractivity contribution in [3.05, 3.63) is 35.7 Å². The highest BCUT2D eigenvalue weighted by molar-refractivity contribution is 5.70. The van der Waals surface area contributed by atoms with Gasteiger partial charge in [0.25, 0.3) is 0 Å². The summed E-state index contributed by atoms with van der Waals surface area (Å²) in [4.78, 5) is 8.82. The van der Waals surface area contributed by atoms with Crippen molar-refractivity contribution in [1.29, 1.82) is 0 Å². The zero-order valence-electron chi connectivity index (χ0n) is 8.51. The van der Waals surface area contributed by atoms with Crippen molar-refractivity contribution in [3.63, 3.8) is 0 Å². The fraction of sp³-hybridized carbons (Fsp3) is 0.333. The summed E-state index contributed by atoms with van der Waals surface area (Å²) in [5, 5.41) is 0. The third-order valence-corrected chi connectivity index (χ3v) is 2.28. The maximum absolute atomic E-state index is 4.41. The zero-order valence-corrected chi connectivity index (χ0v) is 8.51. The standard InChI is InChI=1S/C12H14N2/c1-9-3-5-11-12(13-7-9)6-4-10(2)8-14-11/h3-10H,1-2H3. The van der Waals surface area contributed by atoms with Crippen LogP contribution in [-0.4, -0.2) is 12.4 Å². The van der Waals surface area contributed by atoms with Crippen LogP contribution < -0.4 is 0 Å². The van der Waals surface area contributed by atoms with Crippen LogP contribution in [0.25, 0.3) is 0 Å². The van der Waals surface area contributed by atoms with E-state index in [4.69, 9.17) is 0 Å². The Kier molecular flexibility index (Phi) is 2.44. The first kappa shape index (κ1) is 9.13. The lowest BCUT2D eigenvalue weighted by molar-refractivity contribution is 1.02. The van der Waals surface area contributed by atoms with Gasteiger partial charge in [-0.25, -0.2) is 0 Å². The van der Waals surface area contributed by atoms with Crippen LogP contribution in [0.5, 0.6) is 0 Å². The second kappa shape index (κ2) is 3.74. The molecule has 0 aromatic rings. The van der Waals surface area contributed by atoms with E-state index in [9.17, 15) is 0 Å². The van der Waals surface area contributed by atoms with Crippen LogP contribution in [0, 0.1) is 11.8 Å². The lowest BCUT2D eigenvalue weighted by Crippen LogP contribution is -1.89. The van der Waals surface area contributed by atoms with Crippen molar-refractivity contribution in [3.8, 4) is 0 Å².